The number of amides is 1. The van der Waals surface area contributed by atoms with Crippen LogP contribution in [-0.4, -0.2) is 23.6 Å². The number of rotatable bonds is 5. The van der Waals surface area contributed by atoms with Crippen LogP contribution in [0.15, 0.2) is 47.3 Å². The Hall–Kier alpha value is -2.56. The summed E-state index contributed by atoms with van der Waals surface area (Å²) in [6, 6.07) is 13.2. The highest BCUT2D eigenvalue weighted by molar-refractivity contribution is 5.75. The Morgan fingerprint density at radius 3 is 2.92 bits per heavy atom. The highest BCUT2D eigenvalue weighted by Crippen LogP contribution is 2.26. The zero-order valence-electron chi connectivity index (χ0n) is 14.5. The van der Waals surface area contributed by atoms with Crippen molar-refractivity contribution in [3.63, 3.8) is 0 Å². The summed E-state index contributed by atoms with van der Waals surface area (Å²) in [7, 11) is 0. The quantitative estimate of drug-likeness (QED) is 0.908. The maximum atomic E-state index is 12.2. The Morgan fingerprint density at radius 1 is 1.24 bits per heavy atom. The summed E-state index contributed by atoms with van der Waals surface area (Å²) in [4.78, 5) is 24.0. The molecule has 5 heteroatoms. The number of benzene rings is 1. The van der Waals surface area contributed by atoms with Crippen molar-refractivity contribution in [2.75, 3.05) is 13.2 Å². The number of hydrogen-bond acceptors (Lipinski definition) is 3. The van der Waals surface area contributed by atoms with Crippen molar-refractivity contribution in [2.45, 2.75) is 32.7 Å². The van der Waals surface area contributed by atoms with Gasteiger partial charge in [-0.25, -0.2) is 0 Å². The van der Waals surface area contributed by atoms with Gasteiger partial charge in [0, 0.05) is 31.3 Å². The Kier molecular flexibility index (Phi) is 5.53. The maximum absolute atomic E-state index is 12.2. The molecule has 132 valence electrons. The SMILES string of the molecule is Cc1cccc(=O)n1CCC(=O)NCC1CCOc2ccccc2C1. The first kappa shape index (κ1) is 17.3. The number of pyridine rings is 1. The number of ether oxygens (including phenoxy) is 1. The molecule has 1 amide bonds. The molecule has 1 aromatic heterocycles. The van der Waals surface area contributed by atoms with Crippen LogP contribution in [0, 0.1) is 12.8 Å². The summed E-state index contributed by atoms with van der Waals surface area (Å²) < 4.78 is 7.40. The molecule has 1 atom stereocenters. The van der Waals surface area contributed by atoms with Gasteiger partial charge < -0.3 is 14.6 Å². The fourth-order valence-electron chi connectivity index (χ4n) is 3.21. The van der Waals surface area contributed by atoms with Crippen LogP contribution >= 0.6 is 0 Å². The number of hydrogen-bond donors (Lipinski definition) is 1. The highest BCUT2D eigenvalue weighted by atomic mass is 16.5. The highest BCUT2D eigenvalue weighted by Gasteiger charge is 2.18. The van der Waals surface area contributed by atoms with E-state index in [9.17, 15) is 9.59 Å². The Morgan fingerprint density at radius 2 is 2.08 bits per heavy atom. The lowest BCUT2D eigenvalue weighted by molar-refractivity contribution is -0.121. The first-order valence-electron chi connectivity index (χ1n) is 8.77. The molecule has 1 unspecified atom stereocenters. The lowest BCUT2D eigenvalue weighted by Crippen LogP contribution is -2.32. The first-order valence-corrected chi connectivity index (χ1v) is 8.77. The second-order valence-electron chi connectivity index (χ2n) is 6.53. The number of para-hydroxylation sites is 1. The minimum atomic E-state index is -0.0645. The van der Waals surface area contributed by atoms with Gasteiger partial charge >= 0.3 is 0 Å². The summed E-state index contributed by atoms with van der Waals surface area (Å²) >= 11 is 0. The third kappa shape index (κ3) is 4.50. The van der Waals surface area contributed by atoms with E-state index in [2.05, 4.69) is 11.4 Å². The molecule has 0 spiro atoms. The molecule has 1 aliphatic heterocycles. The summed E-state index contributed by atoms with van der Waals surface area (Å²) in [6.45, 7) is 3.60. The summed E-state index contributed by atoms with van der Waals surface area (Å²) in [5.74, 6) is 1.30. The first-order chi connectivity index (χ1) is 12.1. The van der Waals surface area contributed by atoms with Gasteiger partial charge in [-0.2, -0.15) is 0 Å². The Labute approximate surface area is 147 Å². The zero-order valence-corrected chi connectivity index (χ0v) is 14.5. The van der Waals surface area contributed by atoms with E-state index in [1.165, 1.54) is 11.6 Å². The van der Waals surface area contributed by atoms with Gasteiger partial charge in [0.15, 0.2) is 0 Å². The van der Waals surface area contributed by atoms with E-state index in [1.807, 2.05) is 31.2 Å². The molecule has 1 N–H and O–H groups in total. The van der Waals surface area contributed by atoms with Crippen molar-refractivity contribution >= 4 is 5.91 Å². The van der Waals surface area contributed by atoms with E-state index in [1.54, 1.807) is 10.6 Å². The Balaban J connectivity index is 1.50. The molecule has 0 fully saturated rings. The number of aryl methyl sites for hydroxylation is 1. The lowest BCUT2D eigenvalue weighted by Gasteiger charge is -2.15. The molecule has 1 aliphatic rings. The molecule has 2 aromatic rings. The van der Waals surface area contributed by atoms with E-state index < -0.39 is 0 Å². The third-order valence-electron chi connectivity index (χ3n) is 4.68. The Bertz CT molecular complexity index is 798. The van der Waals surface area contributed by atoms with Crippen molar-refractivity contribution in [3.8, 4) is 5.75 Å². The minimum Gasteiger partial charge on any atom is -0.493 e. The third-order valence-corrected chi connectivity index (χ3v) is 4.68. The van der Waals surface area contributed by atoms with Gasteiger partial charge in [0.05, 0.1) is 6.61 Å². The van der Waals surface area contributed by atoms with Gasteiger partial charge in [0.25, 0.3) is 5.56 Å². The van der Waals surface area contributed by atoms with Crippen molar-refractivity contribution in [1.29, 1.82) is 0 Å². The number of carbonyl (C=O) groups is 1. The van der Waals surface area contributed by atoms with Crippen LogP contribution in [-0.2, 0) is 17.8 Å². The average Bonchev–Trinajstić information content (AvgIpc) is 2.81. The van der Waals surface area contributed by atoms with Crippen molar-refractivity contribution in [3.05, 3.63) is 64.1 Å². The topological polar surface area (TPSA) is 60.3 Å². The average molecular weight is 340 g/mol. The van der Waals surface area contributed by atoms with E-state index in [0.717, 1.165) is 24.3 Å². The monoisotopic (exact) mass is 340 g/mol. The maximum Gasteiger partial charge on any atom is 0.250 e. The zero-order chi connectivity index (χ0) is 17.6. The summed E-state index contributed by atoms with van der Waals surface area (Å²) in [6.07, 6.45) is 2.14. The van der Waals surface area contributed by atoms with Crippen LogP contribution in [0.1, 0.15) is 24.1 Å². The number of nitrogens with one attached hydrogen (secondary N) is 1. The van der Waals surface area contributed by atoms with E-state index in [-0.39, 0.29) is 11.5 Å². The standard InChI is InChI=1S/C20H24N2O3/c1-15-5-4-8-20(24)22(15)11-9-19(23)21-14-16-10-12-25-18-7-3-2-6-17(18)13-16/h2-8,16H,9-14H2,1H3,(H,21,23). The second-order valence-corrected chi connectivity index (χ2v) is 6.53. The predicted octanol–water partition coefficient (Wildman–Crippen LogP) is 2.30. The largest absolute Gasteiger partial charge is 0.493 e. The van der Waals surface area contributed by atoms with Crippen LogP contribution < -0.4 is 15.6 Å². The van der Waals surface area contributed by atoms with Gasteiger partial charge in [0.1, 0.15) is 5.75 Å². The molecule has 5 nitrogen and oxygen atoms in total. The summed E-state index contributed by atoms with van der Waals surface area (Å²) in [5.41, 5.74) is 2.01. The molecule has 0 saturated heterocycles. The normalized spacial score (nSPS) is 16.4. The molecule has 25 heavy (non-hydrogen) atoms. The van der Waals surface area contributed by atoms with Crippen LogP contribution in [0.5, 0.6) is 5.75 Å². The summed E-state index contributed by atoms with van der Waals surface area (Å²) in [5, 5.41) is 3.01. The molecule has 0 radical (unpaired) electrons. The smallest absolute Gasteiger partial charge is 0.250 e. The van der Waals surface area contributed by atoms with E-state index >= 15 is 0 Å². The van der Waals surface area contributed by atoms with Gasteiger partial charge in [-0.1, -0.05) is 24.3 Å². The molecular weight excluding hydrogens is 316 g/mol. The molecule has 1 aromatic carbocycles. The van der Waals surface area contributed by atoms with Gasteiger partial charge in [-0.15, -0.1) is 0 Å². The van der Waals surface area contributed by atoms with E-state index in [0.29, 0.717) is 32.0 Å². The molecule has 0 bridgehead atoms. The van der Waals surface area contributed by atoms with Crippen LogP contribution in [0.4, 0.5) is 0 Å². The van der Waals surface area contributed by atoms with Gasteiger partial charge in [-0.3, -0.25) is 9.59 Å². The fourth-order valence-corrected chi connectivity index (χ4v) is 3.21. The van der Waals surface area contributed by atoms with Gasteiger partial charge in [-0.05, 0) is 43.4 Å². The number of fused-ring (bicyclic) bond motifs is 1. The van der Waals surface area contributed by atoms with E-state index in [4.69, 9.17) is 4.74 Å². The molecule has 2 heterocycles. The van der Waals surface area contributed by atoms with Crippen LogP contribution in [0.2, 0.25) is 0 Å². The molecule has 0 aliphatic carbocycles. The van der Waals surface area contributed by atoms with Crippen molar-refractivity contribution in [2.24, 2.45) is 5.92 Å². The number of nitrogens with zero attached hydrogens (tertiary/aromatic N) is 1. The van der Waals surface area contributed by atoms with Crippen molar-refractivity contribution < 1.29 is 9.53 Å². The predicted molar refractivity (Wildman–Crippen MR) is 96.8 cm³/mol. The minimum absolute atomic E-state index is 0.0198. The van der Waals surface area contributed by atoms with Crippen LogP contribution in [0.25, 0.3) is 0 Å². The van der Waals surface area contributed by atoms with Crippen molar-refractivity contribution in [1.82, 2.24) is 9.88 Å². The number of aromatic nitrogens is 1. The number of carbonyl (C=O) groups excluding carboxylic acids is 1. The molecule has 3 rings (SSSR count). The second kappa shape index (κ2) is 8.01. The lowest BCUT2D eigenvalue weighted by atomic mass is 9.97. The molecular formula is C20H24N2O3. The fraction of sp³-hybridized carbons (Fsp3) is 0.400. The van der Waals surface area contributed by atoms with Gasteiger partial charge in [0.2, 0.25) is 5.91 Å². The van der Waals surface area contributed by atoms with Crippen LogP contribution in [0.3, 0.4) is 0 Å². The molecule has 0 saturated carbocycles.